The van der Waals surface area contributed by atoms with E-state index in [1.54, 1.807) is 12.7 Å². The van der Waals surface area contributed by atoms with Gasteiger partial charge in [0.2, 0.25) is 0 Å². The normalized spacial score (nSPS) is 40.4. The van der Waals surface area contributed by atoms with Crippen LogP contribution in [0.5, 0.6) is 0 Å². The second-order valence-corrected chi connectivity index (χ2v) is 13.7. The maximum atomic E-state index is 6.34. The number of unbranched alkanes of at least 4 members (excludes halogenated alkanes) is 1. The molecule has 0 heterocycles. The van der Waals surface area contributed by atoms with Gasteiger partial charge in [0, 0.05) is 20.3 Å². The van der Waals surface area contributed by atoms with Crippen LogP contribution >= 0.6 is 0 Å². The number of methoxy groups -OCH3 is 1. The van der Waals surface area contributed by atoms with Gasteiger partial charge in [-0.25, -0.2) is 0 Å². The summed E-state index contributed by atoms with van der Waals surface area (Å²) in [6.07, 6.45) is 20.8. The van der Waals surface area contributed by atoms with Crippen LogP contribution in [0.1, 0.15) is 118 Å². The molecular weight excluding hydrogens is 416 g/mol. The third-order valence-electron chi connectivity index (χ3n) is 11.4. The molecule has 0 amide bonds. The summed E-state index contributed by atoms with van der Waals surface area (Å²) in [5, 5.41) is 0. The Hall–Kier alpha value is -0.340. The molecule has 2 nitrogen and oxygen atoms in total. The summed E-state index contributed by atoms with van der Waals surface area (Å²) in [6, 6.07) is 0. The Bertz CT molecular complexity index is 682. The van der Waals surface area contributed by atoms with E-state index in [1.165, 1.54) is 70.6 Å². The lowest BCUT2D eigenvalue weighted by Crippen LogP contribution is -2.51. The number of ether oxygens (including phenoxy) is 2. The smallest absolute Gasteiger partial charge is 0.0612 e. The third kappa shape index (κ3) is 5.34. The van der Waals surface area contributed by atoms with Crippen molar-refractivity contribution in [2.45, 2.75) is 124 Å². The van der Waals surface area contributed by atoms with Gasteiger partial charge in [-0.15, -0.1) is 0 Å². The fourth-order valence-corrected chi connectivity index (χ4v) is 9.39. The molecule has 5 unspecified atom stereocenters. The molecule has 0 aromatic rings. The first-order valence-corrected chi connectivity index (χ1v) is 15.1. The minimum atomic E-state index is 0.446. The Kier molecular flexibility index (Phi) is 8.93. The molecule has 0 aromatic heterocycles. The maximum absolute atomic E-state index is 6.34. The van der Waals surface area contributed by atoms with E-state index in [0.29, 0.717) is 16.9 Å². The van der Waals surface area contributed by atoms with Gasteiger partial charge in [0.1, 0.15) is 0 Å². The highest BCUT2D eigenvalue weighted by Gasteiger charge is 2.59. The summed E-state index contributed by atoms with van der Waals surface area (Å²) >= 11 is 0. The summed E-state index contributed by atoms with van der Waals surface area (Å²) in [7, 11) is 1.79. The molecule has 0 aromatic carbocycles. The van der Waals surface area contributed by atoms with Crippen LogP contribution in [0, 0.1) is 46.3 Å². The maximum Gasteiger partial charge on any atom is 0.0612 e. The van der Waals surface area contributed by atoms with Crippen molar-refractivity contribution in [3.05, 3.63) is 11.6 Å². The second-order valence-electron chi connectivity index (χ2n) is 13.7. The van der Waals surface area contributed by atoms with Crippen molar-refractivity contribution in [2.24, 2.45) is 46.3 Å². The topological polar surface area (TPSA) is 18.5 Å². The minimum Gasteiger partial charge on any atom is -0.385 e. The SMILES string of the molecule is COCCCCO[C@H]1CC[C@@]2(C)C(=CCC3C4CCC(C(C)CCCC(C)C)[C@@]4(C)CCC32)C1. The number of hydrogen-bond acceptors (Lipinski definition) is 2. The largest absolute Gasteiger partial charge is 0.385 e. The predicted molar refractivity (Wildman–Crippen MR) is 144 cm³/mol. The first-order chi connectivity index (χ1) is 16.3. The lowest BCUT2D eigenvalue weighted by atomic mass is 9.47. The van der Waals surface area contributed by atoms with E-state index in [2.05, 4.69) is 40.7 Å². The predicted octanol–water partition coefficient (Wildman–Crippen LogP) is 8.84. The molecule has 0 saturated heterocycles. The summed E-state index contributed by atoms with van der Waals surface area (Å²) in [5.74, 6) is 5.55. The van der Waals surface area contributed by atoms with Crippen LogP contribution in [-0.4, -0.2) is 26.4 Å². The highest BCUT2D eigenvalue weighted by Crippen LogP contribution is 2.67. The van der Waals surface area contributed by atoms with Gasteiger partial charge < -0.3 is 9.47 Å². The molecule has 0 radical (unpaired) electrons. The average Bonchev–Trinajstić information content (AvgIpc) is 3.16. The fourth-order valence-electron chi connectivity index (χ4n) is 9.39. The molecule has 8 atom stereocenters. The van der Waals surface area contributed by atoms with E-state index in [-0.39, 0.29) is 0 Å². The first kappa shape index (κ1) is 26.7. The van der Waals surface area contributed by atoms with Gasteiger partial charge in [-0.1, -0.05) is 65.5 Å². The van der Waals surface area contributed by atoms with Crippen LogP contribution in [0.25, 0.3) is 0 Å². The Morgan fingerprint density at radius 2 is 1.71 bits per heavy atom. The summed E-state index contributed by atoms with van der Waals surface area (Å²) < 4.78 is 11.5. The van der Waals surface area contributed by atoms with Crippen LogP contribution in [0.3, 0.4) is 0 Å². The van der Waals surface area contributed by atoms with E-state index in [9.17, 15) is 0 Å². The zero-order valence-corrected chi connectivity index (χ0v) is 23.5. The second kappa shape index (κ2) is 11.4. The zero-order valence-electron chi connectivity index (χ0n) is 23.5. The monoisotopic (exact) mass is 472 g/mol. The van der Waals surface area contributed by atoms with Crippen molar-refractivity contribution in [1.29, 1.82) is 0 Å². The zero-order chi connectivity index (χ0) is 24.3. The minimum absolute atomic E-state index is 0.446. The Balaban J connectivity index is 1.37. The average molecular weight is 473 g/mol. The van der Waals surface area contributed by atoms with Crippen molar-refractivity contribution in [3.8, 4) is 0 Å². The van der Waals surface area contributed by atoms with Gasteiger partial charge in [-0.05, 0) is 111 Å². The molecule has 4 aliphatic carbocycles. The Labute approximate surface area is 212 Å². The lowest BCUT2D eigenvalue weighted by molar-refractivity contribution is -0.0642. The summed E-state index contributed by atoms with van der Waals surface area (Å²) in [4.78, 5) is 0. The summed E-state index contributed by atoms with van der Waals surface area (Å²) in [6.45, 7) is 14.5. The molecule has 0 spiro atoms. The van der Waals surface area contributed by atoms with E-state index in [1.807, 2.05) is 0 Å². The quantitative estimate of drug-likeness (QED) is 0.221. The number of fused-ring (bicyclic) bond motifs is 5. The highest BCUT2D eigenvalue weighted by molar-refractivity contribution is 5.25. The van der Waals surface area contributed by atoms with Crippen molar-refractivity contribution < 1.29 is 9.47 Å². The molecule has 3 fully saturated rings. The molecular formula is C32H56O2. The third-order valence-corrected chi connectivity index (χ3v) is 11.4. The van der Waals surface area contributed by atoms with Crippen LogP contribution in [-0.2, 0) is 9.47 Å². The Morgan fingerprint density at radius 3 is 2.47 bits per heavy atom. The molecule has 4 rings (SSSR count). The van der Waals surface area contributed by atoms with Crippen LogP contribution in [0.15, 0.2) is 11.6 Å². The molecule has 2 heteroatoms. The van der Waals surface area contributed by atoms with Gasteiger partial charge in [-0.2, -0.15) is 0 Å². The summed E-state index contributed by atoms with van der Waals surface area (Å²) in [5.41, 5.74) is 2.81. The van der Waals surface area contributed by atoms with Crippen molar-refractivity contribution in [2.75, 3.05) is 20.3 Å². The van der Waals surface area contributed by atoms with Crippen LogP contribution < -0.4 is 0 Å². The lowest BCUT2D eigenvalue weighted by Gasteiger charge is -2.58. The molecule has 4 aliphatic rings. The Morgan fingerprint density at radius 1 is 0.912 bits per heavy atom. The molecule has 3 saturated carbocycles. The highest BCUT2D eigenvalue weighted by atomic mass is 16.5. The number of hydrogen-bond donors (Lipinski definition) is 0. The molecule has 0 N–H and O–H groups in total. The van der Waals surface area contributed by atoms with Gasteiger partial charge in [0.15, 0.2) is 0 Å². The first-order valence-electron chi connectivity index (χ1n) is 15.1. The van der Waals surface area contributed by atoms with Crippen molar-refractivity contribution in [1.82, 2.24) is 0 Å². The molecule has 34 heavy (non-hydrogen) atoms. The molecule has 196 valence electrons. The van der Waals surface area contributed by atoms with E-state index in [0.717, 1.165) is 61.6 Å². The van der Waals surface area contributed by atoms with Gasteiger partial charge >= 0.3 is 0 Å². The van der Waals surface area contributed by atoms with Gasteiger partial charge in [0.25, 0.3) is 0 Å². The van der Waals surface area contributed by atoms with E-state index < -0.39 is 0 Å². The van der Waals surface area contributed by atoms with Gasteiger partial charge in [0.05, 0.1) is 6.10 Å². The fraction of sp³-hybridized carbons (Fsp3) is 0.938. The van der Waals surface area contributed by atoms with E-state index >= 15 is 0 Å². The van der Waals surface area contributed by atoms with Crippen LogP contribution in [0.4, 0.5) is 0 Å². The van der Waals surface area contributed by atoms with Crippen molar-refractivity contribution in [3.63, 3.8) is 0 Å². The van der Waals surface area contributed by atoms with Crippen molar-refractivity contribution >= 4 is 0 Å². The molecule has 0 bridgehead atoms. The molecule has 0 aliphatic heterocycles. The number of allylic oxidation sites excluding steroid dienone is 1. The van der Waals surface area contributed by atoms with Gasteiger partial charge in [-0.3, -0.25) is 0 Å². The number of rotatable bonds is 11. The van der Waals surface area contributed by atoms with E-state index in [4.69, 9.17) is 9.47 Å². The standard InChI is InChI=1S/C32H56O2/c1-23(2)10-9-11-24(3)28-14-15-29-27-13-12-25-22-26(34-21-8-7-20-33-6)16-18-31(25,4)30(27)17-19-32(28,29)5/h12,23-24,26-30H,7-11,13-22H2,1-6H3/t24?,26-,27?,28?,29?,30?,31-,32+/m0/s1. The van der Waals surface area contributed by atoms with Crippen LogP contribution in [0.2, 0.25) is 0 Å².